The molecule has 0 heterocycles. The fourth-order valence-electron chi connectivity index (χ4n) is 1.51. The second-order valence-corrected chi connectivity index (χ2v) is 3.94. The van der Waals surface area contributed by atoms with Gasteiger partial charge < -0.3 is 5.11 Å². The maximum atomic E-state index is 13.2. The number of carboxylic acids is 1. The number of aliphatic carboxylic acids is 1. The van der Waals surface area contributed by atoms with Gasteiger partial charge in [-0.25, -0.2) is 13.6 Å². The van der Waals surface area contributed by atoms with Crippen LogP contribution in [0.1, 0.15) is 12.5 Å². The topological polar surface area (TPSA) is 98.1 Å². The lowest BCUT2D eigenvalue weighted by atomic mass is 9.92. The average Bonchev–Trinajstić information content (AvgIpc) is 2.37. The fourth-order valence-corrected chi connectivity index (χ4v) is 1.51. The molecule has 0 saturated heterocycles. The normalized spacial score (nSPS) is 13.4. The highest BCUT2D eigenvalue weighted by molar-refractivity contribution is 5.80. The first-order valence-electron chi connectivity index (χ1n) is 5.36. The molecule has 0 bridgehead atoms. The Balaban J connectivity index is 3.00. The third kappa shape index (κ3) is 3.40. The second kappa shape index (κ2) is 6.12. The predicted molar refractivity (Wildman–Crippen MR) is 63.4 cm³/mol. The molecular weight excluding hydrogens is 258 g/mol. The van der Waals surface area contributed by atoms with Crippen LogP contribution in [0.25, 0.3) is 10.4 Å². The largest absolute Gasteiger partial charge is 0.480 e. The minimum atomic E-state index is -1.60. The lowest BCUT2D eigenvalue weighted by molar-refractivity contribution is -0.144. The Hall–Kier alpha value is -2.18. The van der Waals surface area contributed by atoms with E-state index in [2.05, 4.69) is 15.3 Å². The van der Waals surface area contributed by atoms with Crippen molar-refractivity contribution in [2.45, 2.75) is 12.5 Å². The Kier molecular flexibility index (Phi) is 4.80. The maximum absolute atomic E-state index is 13.2. The number of hydrogen-bond acceptors (Lipinski definition) is 3. The van der Waals surface area contributed by atoms with Gasteiger partial charge in [0.15, 0.2) is 11.6 Å². The monoisotopic (exact) mass is 270 g/mol. The number of benzene rings is 1. The van der Waals surface area contributed by atoms with Crippen molar-refractivity contribution < 1.29 is 18.7 Å². The van der Waals surface area contributed by atoms with Gasteiger partial charge in [0.2, 0.25) is 0 Å². The standard InChI is InChI=1S/C11H12F2N4O2/c1-11(10(18)19,15-4-5-16-17-14)7-2-3-8(12)9(13)6-7/h2-3,6,15H,4-5H2,1H3,(H,18,19). The molecule has 0 spiro atoms. The Morgan fingerprint density at radius 3 is 2.74 bits per heavy atom. The van der Waals surface area contributed by atoms with Crippen LogP contribution in [0.15, 0.2) is 23.3 Å². The van der Waals surface area contributed by atoms with Gasteiger partial charge in [0.1, 0.15) is 5.54 Å². The molecule has 0 aliphatic carbocycles. The zero-order valence-corrected chi connectivity index (χ0v) is 10.1. The van der Waals surface area contributed by atoms with E-state index in [9.17, 15) is 18.7 Å². The van der Waals surface area contributed by atoms with Crippen molar-refractivity contribution >= 4 is 5.97 Å². The third-order valence-corrected chi connectivity index (χ3v) is 2.68. The summed E-state index contributed by atoms with van der Waals surface area (Å²) in [7, 11) is 0. The molecule has 0 fully saturated rings. The molecule has 1 rings (SSSR count). The van der Waals surface area contributed by atoms with Crippen molar-refractivity contribution in [3.63, 3.8) is 0 Å². The Bertz CT molecular complexity index is 531. The van der Waals surface area contributed by atoms with Gasteiger partial charge in [-0.15, -0.1) is 0 Å². The molecule has 102 valence electrons. The highest BCUT2D eigenvalue weighted by atomic mass is 19.2. The van der Waals surface area contributed by atoms with Gasteiger partial charge >= 0.3 is 5.97 Å². The maximum Gasteiger partial charge on any atom is 0.328 e. The zero-order valence-electron chi connectivity index (χ0n) is 10.1. The highest BCUT2D eigenvalue weighted by Gasteiger charge is 2.35. The van der Waals surface area contributed by atoms with Crippen LogP contribution in [-0.2, 0) is 10.3 Å². The van der Waals surface area contributed by atoms with Gasteiger partial charge in [0, 0.05) is 18.0 Å². The highest BCUT2D eigenvalue weighted by Crippen LogP contribution is 2.23. The molecule has 0 amide bonds. The van der Waals surface area contributed by atoms with Crippen LogP contribution < -0.4 is 5.32 Å². The van der Waals surface area contributed by atoms with Gasteiger partial charge in [-0.2, -0.15) is 0 Å². The third-order valence-electron chi connectivity index (χ3n) is 2.68. The van der Waals surface area contributed by atoms with Crippen molar-refractivity contribution in [1.82, 2.24) is 5.32 Å². The summed E-state index contributed by atoms with van der Waals surface area (Å²) in [4.78, 5) is 13.8. The molecule has 1 aromatic rings. The van der Waals surface area contributed by atoms with Crippen LogP contribution in [0.2, 0.25) is 0 Å². The van der Waals surface area contributed by atoms with Crippen LogP contribution in [0.5, 0.6) is 0 Å². The fraction of sp³-hybridized carbons (Fsp3) is 0.364. The van der Waals surface area contributed by atoms with Crippen molar-refractivity contribution in [1.29, 1.82) is 0 Å². The molecule has 0 aliphatic rings. The van der Waals surface area contributed by atoms with E-state index in [1.54, 1.807) is 0 Å². The van der Waals surface area contributed by atoms with Crippen LogP contribution in [0.3, 0.4) is 0 Å². The molecule has 2 N–H and O–H groups in total. The molecule has 8 heteroatoms. The van der Waals surface area contributed by atoms with E-state index in [4.69, 9.17) is 5.53 Å². The quantitative estimate of drug-likeness (QED) is 0.358. The van der Waals surface area contributed by atoms with E-state index >= 15 is 0 Å². The molecular formula is C11H12F2N4O2. The lowest BCUT2D eigenvalue weighted by Gasteiger charge is -2.26. The Morgan fingerprint density at radius 2 is 2.21 bits per heavy atom. The van der Waals surface area contributed by atoms with Crippen LogP contribution in [-0.4, -0.2) is 24.2 Å². The summed E-state index contributed by atoms with van der Waals surface area (Å²) in [6.45, 7) is 1.45. The van der Waals surface area contributed by atoms with Gasteiger partial charge in [-0.05, 0) is 30.2 Å². The summed E-state index contributed by atoms with van der Waals surface area (Å²) in [5.41, 5.74) is 6.58. The molecule has 1 atom stereocenters. The number of nitrogens with one attached hydrogen (secondary N) is 1. The molecule has 1 aromatic carbocycles. The Morgan fingerprint density at radius 1 is 1.53 bits per heavy atom. The number of carboxylic acid groups (broad SMARTS) is 1. The second-order valence-electron chi connectivity index (χ2n) is 3.94. The van der Waals surface area contributed by atoms with E-state index in [1.165, 1.54) is 13.0 Å². The number of azide groups is 1. The zero-order chi connectivity index (χ0) is 14.5. The predicted octanol–water partition coefficient (Wildman–Crippen LogP) is 2.16. The minimum Gasteiger partial charge on any atom is -0.480 e. The lowest BCUT2D eigenvalue weighted by Crippen LogP contribution is -2.47. The SMILES string of the molecule is CC(NCCN=[N+]=[N-])(C(=O)O)c1ccc(F)c(F)c1. The molecule has 0 aromatic heterocycles. The number of rotatable bonds is 6. The first-order chi connectivity index (χ1) is 8.91. The molecule has 0 saturated carbocycles. The molecule has 1 unspecified atom stereocenters. The number of carbonyl (C=O) groups is 1. The van der Waals surface area contributed by atoms with E-state index in [0.717, 1.165) is 12.1 Å². The summed E-state index contributed by atoms with van der Waals surface area (Å²) in [6.07, 6.45) is 0. The van der Waals surface area contributed by atoms with Gasteiger partial charge in [-0.3, -0.25) is 5.32 Å². The van der Waals surface area contributed by atoms with Gasteiger partial charge in [-0.1, -0.05) is 11.2 Å². The smallest absolute Gasteiger partial charge is 0.328 e. The van der Waals surface area contributed by atoms with Crippen LogP contribution >= 0.6 is 0 Å². The van der Waals surface area contributed by atoms with E-state index < -0.39 is 23.1 Å². The van der Waals surface area contributed by atoms with E-state index in [-0.39, 0.29) is 18.7 Å². The summed E-state index contributed by atoms with van der Waals surface area (Å²) >= 11 is 0. The molecule has 0 aliphatic heterocycles. The number of halogens is 2. The summed E-state index contributed by atoms with van der Waals surface area (Å²) < 4.78 is 26.0. The summed E-state index contributed by atoms with van der Waals surface area (Å²) in [6, 6.07) is 2.87. The van der Waals surface area contributed by atoms with Crippen molar-refractivity contribution in [2.75, 3.05) is 13.1 Å². The first kappa shape index (κ1) is 14.9. The summed E-state index contributed by atoms with van der Waals surface area (Å²) in [5.74, 6) is -3.42. The average molecular weight is 270 g/mol. The van der Waals surface area contributed by atoms with Crippen molar-refractivity contribution in [2.24, 2.45) is 5.11 Å². The molecule has 19 heavy (non-hydrogen) atoms. The van der Waals surface area contributed by atoms with Crippen LogP contribution in [0.4, 0.5) is 8.78 Å². The van der Waals surface area contributed by atoms with E-state index in [1.807, 2.05) is 0 Å². The first-order valence-corrected chi connectivity index (χ1v) is 5.36. The summed E-state index contributed by atoms with van der Waals surface area (Å²) in [5, 5.41) is 15.1. The van der Waals surface area contributed by atoms with Gasteiger partial charge in [0.05, 0.1) is 0 Å². The number of nitrogens with zero attached hydrogens (tertiary/aromatic N) is 3. The van der Waals surface area contributed by atoms with Crippen molar-refractivity contribution in [3.05, 3.63) is 45.8 Å². The van der Waals surface area contributed by atoms with Crippen LogP contribution in [0, 0.1) is 11.6 Å². The molecule has 0 radical (unpaired) electrons. The Labute approximate surface area is 107 Å². The van der Waals surface area contributed by atoms with Crippen molar-refractivity contribution in [3.8, 4) is 0 Å². The van der Waals surface area contributed by atoms with E-state index in [0.29, 0.717) is 0 Å². The number of hydrogen-bond donors (Lipinski definition) is 2. The minimum absolute atomic E-state index is 0.0447. The molecule has 6 nitrogen and oxygen atoms in total. The van der Waals surface area contributed by atoms with Gasteiger partial charge in [0.25, 0.3) is 0 Å².